The van der Waals surface area contributed by atoms with Gasteiger partial charge in [-0.05, 0) is 13.3 Å². The number of hydrazine groups is 1. The van der Waals surface area contributed by atoms with Crippen LogP contribution in [0, 0.1) is 6.92 Å². The van der Waals surface area contributed by atoms with E-state index in [0.717, 1.165) is 12.0 Å². The van der Waals surface area contributed by atoms with Crippen molar-refractivity contribution >= 4 is 5.82 Å². The van der Waals surface area contributed by atoms with Crippen LogP contribution in [0.2, 0.25) is 0 Å². The molecule has 0 saturated carbocycles. The Hall–Kier alpha value is -1.44. The van der Waals surface area contributed by atoms with Gasteiger partial charge in [0.15, 0.2) is 0 Å². The van der Waals surface area contributed by atoms with Gasteiger partial charge in [-0.2, -0.15) is 0 Å². The number of nitrogens with one attached hydrogen (secondary N) is 1. The van der Waals surface area contributed by atoms with E-state index in [0.29, 0.717) is 38.1 Å². The molecule has 1 heterocycles. The van der Waals surface area contributed by atoms with Gasteiger partial charge in [-0.1, -0.05) is 0 Å². The van der Waals surface area contributed by atoms with Crippen molar-refractivity contribution in [3.05, 3.63) is 11.9 Å². The van der Waals surface area contributed by atoms with Crippen LogP contribution < -0.4 is 16.0 Å². The normalized spacial score (nSPS) is 10.4. The molecule has 1 rings (SSSR count). The van der Waals surface area contributed by atoms with Crippen molar-refractivity contribution in [3.63, 3.8) is 0 Å². The molecule has 0 saturated heterocycles. The Morgan fingerprint density at radius 1 is 1.22 bits per heavy atom. The molecule has 0 aliphatic carbocycles. The van der Waals surface area contributed by atoms with Crippen molar-refractivity contribution in [1.29, 1.82) is 0 Å². The highest BCUT2D eigenvalue weighted by atomic mass is 16.5. The molecule has 0 aliphatic rings. The Morgan fingerprint density at radius 2 is 2.06 bits per heavy atom. The molecule has 3 N–H and O–H groups in total. The van der Waals surface area contributed by atoms with Crippen molar-refractivity contribution in [1.82, 2.24) is 9.97 Å². The fourth-order valence-corrected chi connectivity index (χ4v) is 1.33. The smallest absolute Gasteiger partial charge is 0.221 e. The first-order chi connectivity index (χ1) is 8.79. The van der Waals surface area contributed by atoms with Gasteiger partial charge in [0, 0.05) is 20.3 Å². The summed E-state index contributed by atoms with van der Waals surface area (Å²) in [5.41, 5.74) is 3.26. The summed E-state index contributed by atoms with van der Waals surface area (Å²) < 4.78 is 15.8. The van der Waals surface area contributed by atoms with Gasteiger partial charge in [0.2, 0.25) is 5.88 Å². The van der Waals surface area contributed by atoms with Crippen LogP contribution in [0.25, 0.3) is 0 Å². The van der Waals surface area contributed by atoms with Crippen LogP contribution in [0.4, 0.5) is 5.82 Å². The fraction of sp³-hybridized carbons (Fsp3) is 0.636. The lowest BCUT2D eigenvalue weighted by atomic mass is 10.3. The monoisotopic (exact) mass is 256 g/mol. The van der Waals surface area contributed by atoms with Crippen molar-refractivity contribution < 1.29 is 14.2 Å². The number of ether oxygens (including phenoxy) is 3. The van der Waals surface area contributed by atoms with E-state index in [2.05, 4.69) is 15.4 Å². The summed E-state index contributed by atoms with van der Waals surface area (Å²) >= 11 is 0. The molecule has 0 spiro atoms. The maximum absolute atomic E-state index is 5.48. The minimum atomic E-state index is 0.439. The summed E-state index contributed by atoms with van der Waals surface area (Å²) in [6.07, 6.45) is 2.28. The summed E-state index contributed by atoms with van der Waals surface area (Å²) in [5.74, 6) is 6.38. The van der Waals surface area contributed by atoms with Gasteiger partial charge in [0.05, 0.1) is 12.2 Å². The Bertz CT molecular complexity index is 349. The predicted molar refractivity (Wildman–Crippen MR) is 67.4 cm³/mol. The van der Waals surface area contributed by atoms with Crippen molar-refractivity contribution in [2.75, 3.05) is 39.0 Å². The number of rotatable bonds is 9. The summed E-state index contributed by atoms with van der Waals surface area (Å²) in [6, 6.07) is 0. The Balaban J connectivity index is 2.23. The summed E-state index contributed by atoms with van der Waals surface area (Å²) in [7, 11) is 1.67. The Morgan fingerprint density at radius 3 is 2.78 bits per heavy atom. The predicted octanol–water partition coefficient (Wildman–Crippen LogP) is 0.503. The van der Waals surface area contributed by atoms with Crippen LogP contribution in [0.5, 0.6) is 5.88 Å². The van der Waals surface area contributed by atoms with E-state index in [1.807, 2.05) is 6.92 Å². The molecule has 0 atom stereocenters. The second-order valence-electron chi connectivity index (χ2n) is 3.60. The lowest BCUT2D eigenvalue weighted by Gasteiger charge is -2.10. The van der Waals surface area contributed by atoms with Gasteiger partial charge in [-0.15, -0.1) is 0 Å². The van der Waals surface area contributed by atoms with E-state index in [-0.39, 0.29) is 0 Å². The third-order valence-corrected chi connectivity index (χ3v) is 2.28. The maximum Gasteiger partial charge on any atom is 0.221 e. The largest absolute Gasteiger partial charge is 0.475 e. The lowest BCUT2D eigenvalue weighted by Crippen LogP contribution is -2.13. The van der Waals surface area contributed by atoms with Crippen LogP contribution in [-0.2, 0) is 9.47 Å². The van der Waals surface area contributed by atoms with Crippen LogP contribution in [0.1, 0.15) is 12.0 Å². The molecule has 0 aliphatic heterocycles. The highest BCUT2D eigenvalue weighted by Gasteiger charge is 2.06. The van der Waals surface area contributed by atoms with E-state index < -0.39 is 0 Å². The number of methoxy groups -OCH3 is 1. The van der Waals surface area contributed by atoms with Gasteiger partial charge >= 0.3 is 0 Å². The number of hydrogen-bond donors (Lipinski definition) is 2. The average Bonchev–Trinajstić information content (AvgIpc) is 2.39. The first-order valence-corrected chi connectivity index (χ1v) is 5.77. The molecular weight excluding hydrogens is 236 g/mol. The zero-order valence-electron chi connectivity index (χ0n) is 10.8. The number of anilines is 1. The molecule has 0 radical (unpaired) electrons. The highest BCUT2D eigenvalue weighted by molar-refractivity contribution is 5.46. The molecule has 0 fully saturated rings. The van der Waals surface area contributed by atoms with Crippen LogP contribution in [-0.4, -0.2) is 43.5 Å². The zero-order valence-corrected chi connectivity index (χ0v) is 10.8. The number of nitrogens with two attached hydrogens (primary N) is 1. The zero-order chi connectivity index (χ0) is 13.2. The lowest BCUT2D eigenvalue weighted by molar-refractivity contribution is 0.0793. The Kier molecular flexibility index (Phi) is 7.00. The molecule has 7 nitrogen and oxygen atoms in total. The van der Waals surface area contributed by atoms with Crippen molar-refractivity contribution in [3.8, 4) is 5.88 Å². The summed E-state index contributed by atoms with van der Waals surface area (Å²) in [6.45, 7) is 4.16. The molecule has 0 bridgehead atoms. The fourth-order valence-electron chi connectivity index (χ4n) is 1.33. The quantitative estimate of drug-likeness (QED) is 0.377. The molecule has 7 heteroatoms. The third kappa shape index (κ3) is 4.82. The molecule has 0 unspecified atom stereocenters. The van der Waals surface area contributed by atoms with Gasteiger partial charge in [0.25, 0.3) is 0 Å². The van der Waals surface area contributed by atoms with Crippen LogP contribution >= 0.6 is 0 Å². The third-order valence-electron chi connectivity index (χ3n) is 2.28. The van der Waals surface area contributed by atoms with E-state index in [4.69, 9.17) is 20.1 Å². The molecule has 0 aromatic carbocycles. The van der Waals surface area contributed by atoms with E-state index in [1.165, 1.54) is 6.33 Å². The SMILES string of the molecule is COCCCOCCOc1ncnc(NN)c1C. The standard InChI is InChI=1S/C11H20N4O3/c1-9-10(15-12)13-8-14-11(9)18-7-6-17-5-3-4-16-2/h8H,3-7,12H2,1-2H3,(H,13,14,15). The highest BCUT2D eigenvalue weighted by Crippen LogP contribution is 2.18. The minimum absolute atomic E-state index is 0.439. The van der Waals surface area contributed by atoms with E-state index in [9.17, 15) is 0 Å². The topological polar surface area (TPSA) is 91.5 Å². The van der Waals surface area contributed by atoms with Crippen LogP contribution in [0.3, 0.4) is 0 Å². The van der Waals surface area contributed by atoms with E-state index in [1.54, 1.807) is 7.11 Å². The molecule has 18 heavy (non-hydrogen) atoms. The van der Waals surface area contributed by atoms with Gasteiger partial charge in [-0.25, -0.2) is 15.8 Å². The first kappa shape index (κ1) is 14.6. The molecular formula is C11H20N4O3. The maximum atomic E-state index is 5.48. The molecule has 0 amide bonds. The van der Waals surface area contributed by atoms with Crippen molar-refractivity contribution in [2.45, 2.75) is 13.3 Å². The first-order valence-electron chi connectivity index (χ1n) is 5.77. The van der Waals surface area contributed by atoms with Gasteiger partial charge in [0.1, 0.15) is 18.8 Å². The minimum Gasteiger partial charge on any atom is -0.475 e. The summed E-state index contributed by atoms with van der Waals surface area (Å²) in [4.78, 5) is 7.99. The van der Waals surface area contributed by atoms with Gasteiger partial charge in [-0.3, -0.25) is 0 Å². The number of nitrogen functional groups attached to an aromatic ring is 1. The number of aromatic nitrogens is 2. The molecule has 1 aromatic heterocycles. The average molecular weight is 256 g/mol. The van der Waals surface area contributed by atoms with E-state index >= 15 is 0 Å². The molecule has 1 aromatic rings. The second kappa shape index (κ2) is 8.62. The van der Waals surface area contributed by atoms with Gasteiger partial charge < -0.3 is 19.6 Å². The Labute approximate surface area is 107 Å². The number of hydrogen-bond acceptors (Lipinski definition) is 7. The second-order valence-corrected chi connectivity index (χ2v) is 3.60. The molecule has 102 valence electrons. The number of nitrogens with zero attached hydrogens (tertiary/aromatic N) is 2. The summed E-state index contributed by atoms with van der Waals surface area (Å²) in [5, 5.41) is 0. The van der Waals surface area contributed by atoms with Crippen LogP contribution in [0.15, 0.2) is 6.33 Å². The van der Waals surface area contributed by atoms with Crippen molar-refractivity contribution in [2.24, 2.45) is 5.84 Å².